The highest BCUT2D eigenvalue weighted by atomic mass is 16.4. The van der Waals surface area contributed by atoms with E-state index in [0.717, 1.165) is 12.0 Å². The third kappa shape index (κ3) is 3.96. The van der Waals surface area contributed by atoms with Crippen molar-refractivity contribution in [3.63, 3.8) is 0 Å². The first-order chi connectivity index (χ1) is 8.58. The molecule has 0 bridgehead atoms. The summed E-state index contributed by atoms with van der Waals surface area (Å²) in [6.07, 6.45) is 4.18. The molecule has 0 radical (unpaired) electrons. The Bertz CT molecular complexity index is 380. The van der Waals surface area contributed by atoms with Crippen LogP contribution in [-0.4, -0.2) is 34.1 Å². The molecule has 1 aromatic heterocycles. The average molecular weight is 252 g/mol. The Morgan fingerprint density at radius 1 is 1.44 bits per heavy atom. The summed E-state index contributed by atoms with van der Waals surface area (Å²) in [6, 6.07) is -0.543. The van der Waals surface area contributed by atoms with Crippen molar-refractivity contribution < 1.29 is 9.90 Å². The van der Waals surface area contributed by atoms with E-state index >= 15 is 0 Å². The second-order valence-electron chi connectivity index (χ2n) is 4.25. The van der Waals surface area contributed by atoms with Crippen molar-refractivity contribution in [2.75, 3.05) is 12.4 Å². The Kier molecular flexibility index (Phi) is 5.51. The second-order valence-corrected chi connectivity index (χ2v) is 4.25. The third-order valence-corrected chi connectivity index (χ3v) is 2.93. The lowest BCUT2D eigenvalue weighted by Gasteiger charge is -2.20. The number of aromatic nitrogens is 2. The number of aliphatic carboxylic acids is 1. The van der Waals surface area contributed by atoms with Gasteiger partial charge in [0.25, 0.3) is 0 Å². The van der Waals surface area contributed by atoms with Crippen molar-refractivity contribution in [3.8, 4) is 0 Å². The molecule has 100 valence electrons. The van der Waals surface area contributed by atoms with Gasteiger partial charge in [-0.3, -0.25) is 10.1 Å². The van der Waals surface area contributed by atoms with Crippen molar-refractivity contribution in [3.05, 3.63) is 18.0 Å². The summed E-state index contributed by atoms with van der Waals surface area (Å²) < 4.78 is 0. The van der Waals surface area contributed by atoms with Crippen LogP contribution in [0.4, 0.5) is 5.95 Å². The van der Waals surface area contributed by atoms with Gasteiger partial charge in [0.05, 0.1) is 0 Å². The zero-order valence-electron chi connectivity index (χ0n) is 11.0. The van der Waals surface area contributed by atoms with E-state index in [2.05, 4.69) is 20.6 Å². The van der Waals surface area contributed by atoms with Crippen LogP contribution in [0.1, 0.15) is 25.8 Å². The molecule has 1 rings (SSSR count). The molecule has 1 heterocycles. The molecule has 0 aromatic carbocycles. The molecule has 0 spiro atoms. The topological polar surface area (TPSA) is 87.1 Å². The number of nitrogens with zero attached hydrogens (tertiary/aromatic N) is 2. The first-order valence-corrected chi connectivity index (χ1v) is 6.03. The average Bonchev–Trinajstić information content (AvgIpc) is 2.39. The maximum atomic E-state index is 11.1. The summed E-state index contributed by atoms with van der Waals surface area (Å²) in [6.45, 7) is 4.35. The van der Waals surface area contributed by atoms with Crippen molar-refractivity contribution in [2.24, 2.45) is 5.92 Å². The van der Waals surface area contributed by atoms with Crippen LogP contribution in [0.2, 0.25) is 0 Å². The summed E-state index contributed by atoms with van der Waals surface area (Å²) in [5, 5.41) is 15.0. The zero-order chi connectivity index (χ0) is 13.5. The summed E-state index contributed by atoms with van der Waals surface area (Å²) in [5.74, 6) is -0.187. The monoisotopic (exact) mass is 252 g/mol. The van der Waals surface area contributed by atoms with Crippen LogP contribution < -0.4 is 10.6 Å². The Hall–Kier alpha value is -1.69. The molecule has 0 saturated heterocycles. The molecule has 0 aliphatic carbocycles. The van der Waals surface area contributed by atoms with Crippen LogP contribution in [-0.2, 0) is 11.3 Å². The molecular formula is C12H20N4O2. The summed E-state index contributed by atoms with van der Waals surface area (Å²) >= 11 is 0. The van der Waals surface area contributed by atoms with Gasteiger partial charge in [0.15, 0.2) is 0 Å². The van der Waals surface area contributed by atoms with Gasteiger partial charge in [-0.25, -0.2) is 9.97 Å². The van der Waals surface area contributed by atoms with Crippen molar-refractivity contribution >= 4 is 11.9 Å². The number of rotatable bonds is 7. The molecule has 3 N–H and O–H groups in total. The lowest BCUT2D eigenvalue weighted by Crippen LogP contribution is -2.41. The van der Waals surface area contributed by atoms with Gasteiger partial charge in [0.2, 0.25) is 5.95 Å². The highest BCUT2D eigenvalue weighted by Gasteiger charge is 2.22. The number of carboxylic acid groups (broad SMARTS) is 1. The minimum atomic E-state index is -0.822. The fraction of sp³-hybridized carbons (Fsp3) is 0.583. The van der Waals surface area contributed by atoms with Crippen LogP contribution in [0, 0.1) is 5.92 Å². The molecule has 6 heteroatoms. The van der Waals surface area contributed by atoms with Gasteiger partial charge in [0.1, 0.15) is 6.04 Å². The van der Waals surface area contributed by atoms with Crippen molar-refractivity contribution in [1.82, 2.24) is 15.3 Å². The SMILES string of the molecule is CC[C@H](C)[C@H](NCc1cnc(NC)nc1)C(=O)O. The maximum Gasteiger partial charge on any atom is 0.320 e. The van der Waals surface area contributed by atoms with Crippen molar-refractivity contribution in [2.45, 2.75) is 32.9 Å². The largest absolute Gasteiger partial charge is 0.480 e. The number of hydrogen-bond donors (Lipinski definition) is 3. The number of carboxylic acids is 1. The van der Waals surface area contributed by atoms with Crippen LogP contribution >= 0.6 is 0 Å². The Morgan fingerprint density at radius 2 is 2.06 bits per heavy atom. The number of nitrogens with one attached hydrogen (secondary N) is 2. The second kappa shape index (κ2) is 6.90. The fourth-order valence-corrected chi connectivity index (χ4v) is 1.57. The standard InChI is InChI=1S/C12H20N4O2/c1-4-8(2)10(11(17)18)14-5-9-6-15-12(13-3)16-7-9/h6-8,10,14H,4-5H2,1-3H3,(H,17,18)(H,13,15,16)/t8-,10-/m0/s1. The van der Waals surface area contributed by atoms with Crippen LogP contribution in [0.3, 0.4) is 0 Å². The molecule has 0 aliphatic heterocycles. The molecule has 6 nitrogen and oxygen atoms in total. The predicted octanol–water partition coefficient (Wildman–Crippen LogP) is 1.11. The van der Waals surface area contributed by atoms with E-state index in [1.165, 1.54) is 0 Å². The molecule has 0 aliphatic rings. The molecule has 0 fully saturated rings. The molecular weight excluding hydrogens is 232 g/mol. The minimum absolute atomic E-state index is 0.0833. The Labute approximate surface area is 107 Å². The Balaban J connectivity index is 2.58. The Morgan fingerprint density at radius 3 is 2.50 bits per heavy atom. The normalized spacial score (nSPS) is 13.9. The van der Waals surface area contributed by atoms with E-state index in [0.29, 0.717) is 12.5 Å². The first-order valence-electron chi connectivity index (χ1n) is 6.03. The third-order valence-electron chi connectivity index (χ3n) is 2.93. The maximum absolute atomic E-state index is 11.1. The number of hydrogen-bond acceptors (Lipinski definition) is 5. The van der Waals surface area contributed by atoms with Gasteiger partial charge in [-0.2, -0.15) is 0 Å². The van der Waals surface area contributed by atoms with E-state index in [-0.39, 0.29) is 5.92 Å². The van der Waals surface area contributed by atoms with E-state index in [1.54, 1.807) is 19.4 Å². The van der Waals surface area contributed by atoms with Crippen LogP contribution in [0.15, 0.2) is 12.4 Å². The first kappa shape index (κ1) is 14.4. The van der Waals surface area contributed by atoms with Gasteiger partial charge in [-0.15, -0.1) is 0 Å². The van der Waals surface area contributed by atoms with Gasteiger partial charge < -0.3 is 10.4 Å². The van der Waals surface area contributed by atoms with E-state index in [9.17, 15) is 4.79 Å². The quantitative estimate of drug-likeness (QED) is 0.674. The predicted molar refractivity (Wildman–Crippen MR) is 69.3 cm³/mol. The fourth-order valence-electron chi connectivity index (χ4n) is 1.57. The van der Waals surface area contributed by atoms with Crippen molar-refractivity contribution in [1.29, 1.82) is 0 Å². The number of anilines is 1. The van der Waals surface area contributed by atoms with E-state index in [4.69, 9.17) is 5.11 Å². The minimum Gasteiger partial charge on any atom is -0.480 e. The molecule has 0 unspecified atom stereocenters. The summed E-state index contributed by atoms with van der Waals surface area (Å²) in [7, 11) is 1.75. The molecule has 1 aromatic rings. The molecule has 0 saturated carbocycles. The zero-order valence-corrected chi connectivity index (χ0v) is 11.0. The lowest BCUT2D eigenvalue weighted by atomic mass is 9.99. The van der Waals surface area contributed by atoms with Gasteiger partial charge in [0, 0.05) is 31.5 Å². The highest BCUT2D eigenvalue weighted by Crippen LogP contribution is 2.09. The van der Waals surface area contributed by atoms with Crippen LogP contribution in [0.25, 0.3) is 0 Å². The molecule has 2 atom stereocenters. The molecule has 18 heavy (non-hydrogen) atoms. The van der Waals surface area contributed by atoms with Crippen LogP contribution in [0.5, 0.6) is 0 Å². The molecule has 0 amide bonds. The highest BCUT2D eigenvalue weighted by molar-refractivity contribution is 5.73. The smallest absolute Gasteiger partial charge is 0.320 e. The summed E-state index contributed by atoms with van der Waals surface area (Å²) in [5.41, 5.74) is 0.864. The van der Waals surface area contributed by atoms with E-state index < -0.39 is 12.0 Å². The van der Waals surface area contributed by atoms with Gasteiger partial charge in [-0.05, 0) is 5.92 Å². The lowest BCUT2D eigenvalue weighted by molar-refractivity contribution is -0.140. The van der Waals surface area contributed by atoms with Gasteiger partial charge >= 0.3 is 5.97 Å². The number of carbonyl (C=O) groups is 1. The summed E-state index contributed by atoms with van der Waals surface area (Å²) in [4.78, 5) is 19.3. The van der Waals surface area contributed by atoms with Gasteiger partial charge in [-0.1, -0.05) is 20.3 Å². The van der Waals surface area contributed by atoms with E-state index in [1.807, 2.05) is 13.8 Å².